The Morgan fingerprint density at radius 1 is 1.13 bits per heavy atom. The van der Waals surface area contributed by atoms with Gasteiger partial charge in [0.25, 0.3) is 5.69 Å². The van der Waals surface area contributed by atoms with E-state index in [2.05, 4.69) is 22.5 Å². The van der Waals surface area contributed by atoms with Gasteiger partial charge in [0, 0.05) is 50.4 Å². The Bertz CT molecular complexity index is 677. The molecule has 1 saturated heterocycles. The van der Waals surface area contributed by atoms with E-state index in [1.807, 2.05) is 12.1 Å². The maximum atomic E-state index is 10.7. The van der Waals surface area contributed by atoms with Crippen LogP contribution in [0.4, 0.5) is 5.69 Å². The number of nitrogens with one attached hydrogen (secondary N) is 2. The second kappa shape index (κ2) is 11.9. The number of piperidine rings is 1. The van der Waals surface area contributed by atoms with Gasteiger partial charge in [0.15, 0.2) is 5.96 Å². The van der Waals surface area contributed by atoms with Gasteiger partial charge in [-0.2, -0.15) is 0 Å². The van der Waals surface area contributed by atoms with Crippen molar-refractivity contribution in [2.75, 3.05) is 26.2 Å². The van der Waals surface area contributed by atoms with Crippen molar-refractivity contribution < 1.29 is 4.92 Å². The van der Waals surface area contributed by atoms with Crippen molar-refractivity contribution in [1.29, 1.82) is 0 Å². The first-order valence-corrected chi connectivity index (χ1v) is 11.7. The van der Waals surface area contributed by atoms with Gasteiger partial charge in [-0.05, 0) is 57.4 Å². The predicted octanol–water partition coefficient (Wildman–Crippen LogP) is 3.88. The summed E-state index contributed by atoms with van der Waals surface area (Å²) in [6, 6.07) is 8.22. The average molecular weight is 416 g/mol. The molecule has 3 rings (SSSR count). The van der Waals surface area contributed by atoms with E-state index in [4.69, 9.17) is 4.99 Å². The quantitative estimate of drug-likeness (QED) is 0.210. The second-order valence-corrected chi connectivity index (χ2v) is 8.53. The third-order valence-electron chi connectivity index (χ3n) is 6.35. The highest BCUT2D eigenvalue weighted by Gasteiger charge is 2.27. The van der Waals surface area contributed by atoms with Crippen LogP contribution < -0.4 is 10.6 Å². The number of likely N-dealkylation sites (tertiary alicyclic amines) is 1. The molecule has 7 heteroatoms. The Hall–Kier alpha value is -2.15. The lowest BCUT2D eigenvalue weighted by atomic mass is 10.0. The first-order chi connectivity index (χ1) is 14.7. The van der Waals surface area contributed by atoms with Crippen molar-refractivity contribution in [2.45, 2.75) is 76.8 Å². The van der Waals surface area contributed by atoms with Gasteiger partial charge in [-0.15, -0.1) is 0 Å². The molecule has 0 aromatic heterocycles. The third-order valence-corrected chi connectivity index (χ3v) is 6.35. The van der Waals surface area contributed by atoms with Crippen LogP contribution in [0.15, 0.2) is 29.3 Å². The Balaban J connectivity index is 1.36. The lowest BCUT2D eigenvalue weighted by Gasteiger charge is -2.36. The molecule has 1 saturated carbocycles. The zero-order valence-corrected chi connectivity index (χ0v) is 18.3. The Morgan fingerprint density at radius 2 is 1.83 bits per heavy atom. The molecule has 2 fully saturated rings. The summed E-state index contributed by atoms with van der Waals surface area (Å²) in [5.41, 5.74) is 1.29. The molecule has 0 spiro atoms. The summed E-state index contributed by atoms with van der Waals surface area (Å²) in [6.07, 6.45) is 11.0. The van der Waals surface area contributed by atoms with E-state index in [1.165, 1.54) is 51.6 Å². The Kier molecular flexibility index (Phi) is 8.93. The highest BCUT2D eigenvalue weighted by atomic mass is 16.6. The number of nitrogens with zero attached hydrogens (tertiary/aromatic N) is 3. The van der Waals surface area contributed by atoms with Gasteiger partial charge in [-0.1, -0.05) is 25.0 Å². The monoisotopic (exact) mass is 415 g/mol. The van der Waals surface area contributed by atoms with Gasteiger partial charge in [0.2, 0.25) is 0 Å². The first kappa shape index (κ1) is 22.5. The summed E-state index contributed by atoms with van der Waals surface area (Å²) >= 11 is 0. The molecule has 30 heavy (non-hydrogen) atoms. The fraction of sp³-hybridized carbons (Fsp3) is 0.696. The van der Waals surface area contributed by atoms with E-state index in [9.17, 15) is 10.1 Å². The molecule has 2 aliphatic rings. The topological polar surface area (TPSA) is 82.8 Å². The second-order valence-electron chi connectivity index (χ2n) is 8.53. The summed E-state index contributed by atoms with van der Waals surface area (Å²) in [7, 11) is 0. The van der Waals surface area contributed by atoms with Crippen LogP contribution in [-0.4, -0.2) is 54.0 Å². The van der Waals surface area contributed by atoms with Gasteiger partial charge < -0.3 is 15.5 Å². The zero-order valence-electron chi connectivity index (χ0n) is 18.3. The van der Waals surface area contributed by atoms with Crippen LogP contribution in [0.5, 0.6) is 0 Å². The minimum Gasteiger partial charge on any atom is -0.357 e. The molecule has 7 nitrogen and oxygen atoms in total. The molecule has 1 aliphatic heterocycles. The molecule has 0 unspecified atom stereocenters. The molecule has 2 N–H and O–H groups in total. The van der Waals surface area contributed by atoms with Gasteiger partial charge >= 0.3 is 0 Å². The van der Waals surface area contributed by atoms with E-state index in [1.54, 1.807) is 12.1 Å². The van der Waals surface area contributed by atoms with Crippen molar-refractivity contribution in [2.24, 2.45) is 4.99 Å². The summed E-state index contributed by atoms with van der Waals surface area (Å²) in [4.78, 5) is 17.8. The number of nitro groups is 1. The van der Waals surface area contributed by atoms with Crippen molar-refractivity contribution in [3.8, 4) is 0 Å². The lowest BCUT2D eigenvalue weighted by molar-refractivity contribution is -0.384. The summed E-state index contributed by atoms with van der Waals surface area (Å²) in [5.74, 6) is 0.937. The van der Waals surface area contributed by atoms with Gasteiger partial charge in [0.1, 0.15) is 0 Å². The van der Waals surface area contributed by atoms with Crippen LogP contribution in [0.2, 0.25) is 0 Å². The van der Waals surface area contributed by atoms with Crippen LogP contribution in [-0.2, 0) is 6.42 Å². The van der Waals surface area contributed by atoms with Gasteiger partial charge in [-0.3, -0.25) is 15.1 Å². The number of rotatable bonds is 9. The Labute approximate surface area is 180 Å². The molecular formula is C23H37N5O2. The molecule has 0 bridgehead atoms. The smallest absolute Gasteiger partial charge is 0.269 e. The zero-order chi connectivity index (χ0) is 21.2. The fourth-order valence-electron chi connectivity index (χ4n) is 4.61. The van der Waals surface area contributed by atoms with Crippen molar-refractivity contribution in [3.05, 3.63) is 39.9 Å². The third kappa shape index (κ3) is 6.97. The number of nitro benzene ring substituents is 1. The number of hydrogen-bond acceptors (Lipinski definition) is 4. The minimum atomic E-state index is -0.355. The minimum absolute atomic E-state index is 0.152. The summed E-state index contributed by atoms with van der Waals surface area (Å²) in [5, 5.41) is 17.7. The number of aliphatic imine (C=N–C) groups is 1. The lowest BCUT2D eigenvalue weighted by Crippen LogP contribution is -2.50. The number of hydrogen-bond donors (Lipinski definition) is 2. The average Bonchev–Trinajstić information content (AvgIpc) is 3.29. The van der Waals surface area contributed by atoms with Crippen LogP contribution in [0.3, 0.4) is 0 Å². The molecule has 1 aromatic carbocycles. The molecule has 1 heterocycles. The van der Waals surface area contributed by atoms with Crippen molar-refractivity contribution in [1.82, 2.24) is 15.5 Å². The SMILES string of the molecule is CCNC(=NCCCCc1ccc([N+](=O)[O-])cc1)NC1CCN(C2CCCC2)CC1. The van der Waals surface area contributed by atoms with Crippen LogP contribution in [0.1, 0.15) is 63.9 Å². The normalized spacial score (nSPS) is 19.2. The number of aryl methyl sites for hydroxylation is 1. The molecule has 1 aromatic rings. The fourth-order valence-corrected chi connectivity index (χ4v) is 4.61. The molecular weight excluding hydrogens is 378 g/mol. The number of guanidine groups is 1. The highest BCUT2D eigenvalue weighted by molar-refractivity contribution is 5.80. The van der Waals surface area contributed by atoms with Crippen LogP contribution in [0.25, 0.3) is 0 Å². The number of non-ortho nitro benzene ring substituents is 1. The number of unbranched alkanes of at least 4 members (excludes halogenated alkanes) is 1. The van der Waals surface area contributed by atoms with E-state index in [-0.39, 0.29) is 10.6 Å². The van der Waals surface area contributed by atoms with E-state index < -0.39 is 0 Å². The van der Waals surface area contributed by atoms with Gasteiger partial charge in [-0.25, -0.2) is 0 Å². The molecule has 166 valence electrons. The maximum absolute atomic E-state index is 10.7. The standard InChI is InChI=1S/C23H37N5O2/c1-2-24-23(26-20-14-17-27(18-15-20)21-8-3-4-9-21)25-16-6-5-7-19-10-12-22(13-11-19)28(29)30/h10-13,20-21H,2-9,14-18H2,1H3,(H2,24,25,26). The summed E-state index contributed by atoms with van der Waals surface area (Å²) in [6.45, 7) is 6.18. The van der Waals surface area contributed by atoms with Crippen molar-refractivity contribution in [3.63, 3.8) is 0 Å². The predicted molar refractivity (Wildman–Crippen MR) is 122 cm³/mol. The largest absolute Gasteiger partial charge is 0.357 e. The first-order valence-electron chi connectivity index (χ1n) is 11.7. The van der Waals surface area contributed by atoms with E-state index >= 15 is 0 Å². The number of benzene rings is 1. The summed E-state index contributed by atoms with van der Waals surface area (Å²) < 4.78 is 0. The Morgan fingerprint density at radius 3 is 2.47 bits per heavy atom. The molecule has 1 aliphatic carbocycles. The maximum Gasteiger partial charge on any atom is 0.269 e. The van der Waals surface area contributed by atoms with Gasteiger partial charge in [0.05, 0.1) is 4.92 Å². The van der Waals surface area contributed by atoms with Crippen LogP contribution >= 0.6 is 0 Å². The van der Waals surface area contributed by atoms with E-state index in [0.717, 1.165) is 49.9 Å². The highest BCUT2D eigenvalue weighted by Crippen LogP contribution is 2.26. The molecule has 0 amide bonds. The van der Waals surface area contributed by atoms with Crippen LogP contribution in [0, 0.1) is 10.1 Å². The molecule has 0 atom stereocenters. The molecule has 0 radical (unpaired) electrons. The van der Waals surface area contributed by atoms with Crippen molar-refractivity contribution >= 4 is 11.6 Å². The van der Waals surface area contributed by atoms with E-state index in [0.29, 0.717) is 6.04 Å².